The molecular weight excluding hydrogens is 491 g/mol. The molecule has 1 aromatic heterocycles. The Balaban J connectivity index is 1.41. The maximum absolute atomic E-state index is 13.7. The number of hydrogen-bond donors (Lipinski definition) is 1. The van der Waals surface area contributed by atoms with Crippen LogP contribution in [-0.2, 0) is 11.0 Å². The van der Waals surface area contributed by atoms with E-state index in [9.17, 15) is 18.0 Å². The summed E-state index contributed by atoms with van der Waals surface area (Å²) in [5, 5.41) is 11.7. The number of benzene rings is 2. The molecule has 2 aliphatic rings. The fourth-order valence-corrected chi connectivity index (χ4v) is 5.28. The monoisotopic (exact) mass is 517 g/mol. The molecule has 0 bridgehead atoms. The minimum absolute atomic E-state index is 0.0278. The van der Waals surface area contributed by atoms with E-state index in [4.69, 9.17) is 11.6 Å². The number of nitrogens with zero attached hydrogens (tertiary/aromatic N) is 4. The van der Waals surface area contributed by atoms with Gasteiger partial charge >= 0.3 is 6.18 Å². The zero-order chi connectivity index (χ0) is 25.4. The summed E-state index contributed by atoms with van der Waals surface area (Å²) >= 11 is 5.86. The highest BCUT2D eigenvalue weighted by atomic mass is 35.5. The normalized spacial score (nSPS) is 19.9. The van der Waals surface area contributed by atoms with Gasteiger partial charge in [0.2, 0.25) is 5.91 Å². The van der Waals surface area contributed by atoms with E-state index in [2.05, 4.69) is 21.7 Å². The Morgan fingerprint density at radius 2 is 2.03 bits per heavy atom. The molecule has 190 valence electrons. The molecule has 0 saturated carbocycles. The van der Waals surface area contributed by atoms with Gasteiger partial charge in [0.25, 0.3) is 0 Å². The average molecular weight is 518 g/mol. The first-order valence-electron chi connectivity index (χ1n) is 12.2. The van der Waals surface area contributed by atoms with Gasteiger partial charge in [0.15, 0.2) is 0 Å². The summed E-state index contributed by atoms with van der Waals surface area (Å²) in [7, 11) is 0. The molecule has 2 aromatic carbocycles. The number of amides is 1. The molecule has 1 fully saturated rings. The summed E-state index contributed by atoms with van der Waals surface area (Å²) in [6.07, 6.45) is 1.27. The first-order valence-corrected chi connectivity index (χ1v) is 12.5. The molecule has 3 heterocycles. The van der Waals surface area contributed by atoms with Crippen LogP contribution >= 0.6 is 11.6 Å². The molecule has 1 saturated heterocycles. The van der Waals surface area contributed by atoms with Crippen molar-refractivity contribution in [1.29, 1.82) is 0 Å². The summed E-state index contributed by atoms with van der Waals surface area (Å²) in [5.41, 5.74) is 2.59. The number of alkyl halides is 3. The van der Waals surface area contributed by atoms with Crippen LogP contribution in [0, 0.1) is 0 Å². The highest BCUT2D eigenvalue weighted by Gasteiger charge is 2.35. The lowest BCUT2D eigenvalue weighted by molar-refractivity contribution is -0.138. The van der Waals surface area contributed by atoms with E-state index in [1.165, 1.54) is 16.8 Å². The van der Waals surface area contributed by atoms with Gasteiger partial charge in [-0.25, -0.2) is 4.68 Å². The summed E-state index contributed by atoms with van der Waals surface area (Å²) in [4.78, 5) is 14.7. The van der Waals surface area contributed by atoms with E-state index in [0.717, 1.165) is 43.0 Å². The van der Waals surface area contributed by atoms with Gasteiger partial charge in [-0.3, -0.25) is 4.79 Å². The van der Waals surface area contributed by atoms with E-state index < -0.39 is 17.8 Å². The van der Waals surface area contributed by atoms with E-state index in [-0.39, 0.29) is 22.5 Å². The maximum Gasteiger partial charge on any atom is 0.416 e. The van der Waals surface area contributed by atoms with Crippen molar-refractivity contribution in [3.05, 3.63) is 64.2 Å². The molecule has 1 amide bonds. The maximum atomic E-state index is 13.7. The van der Waals surface area contributed by atoms with Crippen molar-refractivity contribution in [2.75, 3.05) is 19.6 Å². The quantitative estimate of drug-likeness (QED) is 0.498. The Kier molecular flexibility index (Phi) is 6.78. The summed E-state index contributed by atoms with van der Waals surface area (Å²) in [5.74, 6) is 0.153. The largest absolute Gasteiger partial charge is 0.416 e. The Morgan fingerprint density at radius 1 is 1.19 bits per heavy atom. The lowest BCUT2D eigenvalue weighted by Crippen LogP contribution is -2.49. The molecule has 0 aliphatic carbocycles. The Bertz CT molecular complexity index is 1310. The van der Waals surface area contributed by atoms with Gasteiger partial charge in [0.05, 0.1) is 23.2 Å². The van der Waals surface area contributed by atoms with Crippen molar-refractivity contribution >= 4 is 34.1 Å². The van der Waals surface area contributed by atoms with Crippen LogP contribution in [0.2, 0.25) is 5.02 Å². The molecule has 0 spiro atoms. The van der Waals surface area contributed by atoms with Crippen LogP contribution in [0.4, 0.5) is 13.2 Å². The van der Waals surface area contributed by atoms with Crippen LogP contribution < -0.4 is 5.32 Å². The average Bonchev–Trinajstić information content (AvgIpc) is 3.31. The topological polar surface area (TPSA) is 63.1 Å². The molecule has 3 aromatic rings. The first kappa shape index (κ1) is 24.8. The van der Waals surface area contributed by atoms with Gasteiger partial charge in [0, 0.05) is 18.1 Å². The minimum atomic E-state index is -4.54. The Morgan fingerprint density at radius 3 is 2.72 bits per heavy atom. The second kappa shape index (κ2) is 9.86. The molecule has 1 unspecified atom stereocenters. The van der Waals surface area contributed by atoms with E-state index in [1.54, 1.807) is 6.92 Å². The van der Waals surface area contributed by atoms with Crippen molar-refractivity contribution in [1.82, 2.24) is 25.2 Å². The highest BCUT2D eigenvalue weighted by molar-refractivity contribution is 6.30. The fraction of sp³-hybridized carbons (Fsp3) is 0.423. The summed E-state index contributed by atoms with van der Waals surface area (Å²) < 4.78 is 42.7. The number of aromatic nitrogens is 3. The van der Waals surface area contributed by atoms with Crippen molar-refractivity contribution in [3.63, 3.8) is 0 Å². The molecule has 10 heteroatoms. The second-order valence-corrected chi connectivity index (χ2v) is 9.85. The number of fused-ring (bicyclic) bond motifs is 1. The summed E-state index contributed by atoms with van der Waals surface area (Å²) in [6.45, 7) is 3.72. The number of piperidine rings is 1. The Hall–Kier alpha value is -2.91. The van der Waals surface area contributed by atoms with Crippen LogP contribution in [0.15, 0.2) is 42.5 Å². The predicted molar refractivity (Wildman–Crippen MR) is 133 cm³/mol. The third kappa shape index (κ3) is 4.86. The molecule has 2 aliphatic heterocycles. The van der Waals surface area contributed by atoms with Crippen LogP contribution in [0.3, 0.4) is 0 Å². The van der Waals surface area contributed by atoms with Crippen LogP contribution in [0.1, 0.15) is 55.3 Å². The van der Waals surface area contributed by atoms with Gasteiger partial charge < -0.3 is 10.2 Å². The van der Waals surface area contributed by atoms with Crippen molar-refractivity contribution in [3.8, 4) is 0 Å². The van der Waals surface area contributed by atoms with Crippen LogP contribution in [0.5, 0.6) is 0 Å². The van der Waals surface area contributed by atoms with Gasteiger partial charge in [-0.15, -0.1) is 5.10 Å². The number of halogens is 4. The van der Waals surface area contributed by atoms with Gasteiger partial charge in [-0.05, 0) is 73.7 Å². The molecule has 2 atom stereocenters. The zero-order valence-corrected chi connectivity index (χ0v) is 20.6. The fourth-order valence-electron chi connectivity index (χ4n) is 5.11. The first-order chi connectivity index (χ1) is 17.2. The second-order valence-electron chi connectivity index (χ2n) is 9.41. The van der Waals surface area contributed by atoms with Crippen LogP contribution in [0.25, 0.3) is 16.6 Å². The lowest BCUT2D eigenvalue weighted by atomic mass is 9.97. The van der Waals surface area contributed by atoms with Gasteiger partial charge in [-0.1, -0.05) is 41.4 Å². The minimum Gasteiger partial charge on any atom is -0.337 e. The third-order valence-corrected chi connectivity index (χ3v) is 7.34. The number of nitrogens with one attached hydrogen (secondary N) is 1. The molecule has 5 rings (SSSR count). The molecule has 36 heavy (non-hydrogen) atoms. The standard InChI is InChI=1S/C26H27ClF3N5O/c1-16(20-7-6-19(27)15-21(20)26(28,29)30)35-24-14-18(5-8-22(24)32-33-35)17-9-12-34(13-10-17)25(36)23-4-2-3-11-31-23/h5-9,14-16,23,31H,2-4,10-13H2,1H3/t16?,23-/m1/s1. The number of rotatable bonds is 4. The number of carbonyl (C=O) groups is 1. The summed E-state index contributed by atoms with van der Waals surface area (Å²) in [6, 6.07) is 8.68. The smallest absolute Gasteiger partial charge is 0.337 e. The van der Waals surface area contributed by atoms with Crippen molar-refractivity contribution < 1.29 is 18.0 Å². The molecule has 6 nitrogen and oxygen atoms in total. The third-order valence-electron chi connectivity index (χ3n) is 7.11. The van der Waals surface area contributed by atoms with Crippen molar-refractivity contribution in [2.24, 2.45) is 0 Å². The molecular formula is C26H27ClF3N5O. The number of carbonyl (C=O) groups excluding carboxylic acids is 1. The zero-order valence-electron chi connectivity index (χ0n) is 19.9. The predicted octanol–water partition coefficient (Wildman–Crippen LogP) is 5.47. The molecule has 0 radical (unpaired) electrons. The van der Waals surface area contributed by atoms with E-state index in [1.807, 2.05) is 23.1 Å². The SMILES string of the molecule is CC(c1ccc(Cl)cc1C(F)(F)F)n1nnc2ccc(C3=CCN(C(=O)[C@H]4CCCCN4)CC3)cc21. The molecule has 1 N–H and O–H groups in total. The Labute approximate surface area is 212 Å². The lowest BCUT2D eigenvalue weighted by Gasteiger charge is -2.32. The van der Waals surface area contributed by atoms with Crippen LogP contribution in [-0.4, -0.2) is 51.5 Å². The highest BCUT2D eigenvalue weighted by Crippen LogP contribution is 2.38. The van der Waals surface area contributed by atoms with E-state index >= 15 is 0 Å². The number of hydrogen-bond acceptors (Lipinski definition) is 4. The van der Waals surface area contributed by atoms with Gasteiger partial charge in [0.1, 0.15) is 5.52 Å². The van der Waals surface area contributed by atoms with Gasteiger partial charge in [-0.2, -0.15) is 13.2 Å². The van der Waals surface area contributed by atoms with E-state index in [0.29, 0.717) is 30.5 Å². The van der Waals surface area contributed by atoms with Crippen molar-refractivity contribution in [2.45, 2.75) is 50.9 Å².